The zero-order valence-electron chi connectivity index (χ0n) is 11.0. The molecule has 0 unspecified atom stereocenters. The standard InChI is InChI=1S/C13H17N3O2/c1-6-7(2)9(4)12(11(14)8(6)3)16-5-10(17)15-13(16)18/h5,14H2,1-4H3,(H,15,17,18). The third kappa shape index (κ3) is 1.63. The first-order chi connectivity index (χ1) is 8.34. The predicted octanol–water partition coefficient (Wildman–Crippen LogP) is 1.56. The van der Waals surface area contributed by atoms with E-state index in [1.807, 2.05) is 27.7 Å². The maximum atomic E-state index is 11.7. The summed E-state index contributed by atoms with van der Waals surface area (Å²) in [6.45, 7) is 7.88. The lowest BCUT2D eigenvalue weighted by Gasteiger charge is -2.23. The lowest BCUT2D eigenvalue weighted by atomic mass is 9.95. The summed E-state index contributed by atoms with van der Waals surface area (Å²) in [4.78, 5) is 24.4. The van der Waals surface area contributed by atoms with Gasteiger partial charge >= 0.3 is 6.03 Å². The summed E-state index contributed by atoms with van der Waals surface area (Å²) in [5, 5.41) is 2.27. The van der Waals surface area contributed by atoms with E-state index in [9.17, 15) is 9.59 Å². The van der Waals surface area contributed by atoms with E-state index in [1.54, 1.807) is 0 Å². The highest BCUT2D eigenvalue weighted by Gasteiger charge is 2.31. The molecule has 1 aliphatic heterocycles. The molecule has 1 heterocycles. The number of nitrogens with one attached hydrogen (secondary N) is 1. The molecule has 5 heteroatoms. The first-order valence-corrected chi connectivity index (χ1v) is 5.81. The Labute approximate surface area is 106 Å². The minimum atomic E-state index is -0.405. The van der Waals surface area contributed by atoms with Gasteiger partial charge in [0.2, 0.25) is 5.91 Å². The molecule has 2 rings (SSSR count). The van der Waals surface area contributed by atoms with Gasteiger partial charge in [-0.3, -0.25) is 15.0 Å². The second kappa shape index (κ2) is 4.01. The molecule has 18 heavy (non-hydrogen) atoms. The molecule has 0 aromatic heterocycles. The van der Waals surface area contributed by atoms with Crippen LogP contribution in [0.3, 0.4) is 0 Å². The molecule has 96 valence electrons. The van der Waals surface area contributed by atoms with Crippen LogP contribution in [-0.2, 0) is 4.79 Å². The Bertz CT molecular complexity index is 535. The van der Waals surface area contributed by atoms with Gasteiger partial charge < -0.3 is 5.73 Å². The third-order valence-electron chi connectivity index (χ3n) is 3.76. The first-order valence-electron chi connectivity index (χ1n) is 5.81. The second-order valence-corrected chi connectivity index (χ2v) is 4.70. The van der Waals surface area contributed by atoms with Crippen LogP contribution < -0.4 is 16.0 Å². The molecule has 3 N–H and O–H groups in total. The van der Waals surface area contributed by atoms with Crippen molar-refractivity contribution in [2.24, 2.45) is 0 Å². The number of urea groups is 1. The maximum absolute atomic E-state index is 11.7. The van der Waals surface area contributed by atoms with Crippen molar-refractivity contribution in [3.8, 4) is 0 Å². The summed E-state index contributed by atoms with van der Waals surface area (Å²) in [5.41, 5.74) is 11.5. The molecule has 1 saturated heterocycles. The van der Waals surface area contributed by atoms with Gasteiger partial charge in [-0.25, -0.2) is 4.79 Å². The van der Waals surface area contributed by atoms with Crippen molar-refractivity contribution in [3.05, 3.63) is 22.3 Å². The molecule has 3 amide bonds. The van der Waals surface area contributed by atoms with E-state index >= 15 is 0 Å². The van der Waals surface area contributed by atoms with Gasteiger partial charge in [0.15, 0.2) is 0 Å². The van der Waals surface area contributed by atoms with Crippen molar-refractivity contribution in [1.82, 2.24) is 5.32 Å². The summed E-state index contributed by atoms with van der Waals surface area (Å²) in [7, 11) is 0. The Kier molecular flexibility index (Phi) is 2.77. The van der Waals surface area contributed by atoms with Crippen LogP contribution >= 0.6 is 0 Å². The number of carbonyl (C=O) groups excluding carboxylic acids is 2. The van der Waals surface area contributed by atoms with Gasteiger partial charge in [0.05, 0.1) is 11.4 Å². The molecule has 0 aliphatic carbocycles. The summed E-state index contributed by atoms with van der Waals surface area (Å²) < 4.78 is 0. The van der Waals surface area contributed by atoms with Gasteiger partial charge in [0.1, 0.15) is 6.54 Å². The van der Waals surface area contributed by atoms with E-state index in [-0.39, 0.29) is 12.5 Å². The Balaban J connectivity index is 2.65. The normalized spacial score (nSPS) is 15.2. The highest BCUT2D eigenvalue weighted by atomic mass is 16.2. The summed E-state index contributed by atoms with van der Waals surface area (Å²) >= 11 is 0. The van der Waals surface area contributed by atoms with Crippen LogP contribution in [-0.4, -0.2) is 18.5 Å². The second-order valence-electron chi connectivity index (χ2n) is 4.70. The zero-order chi connectivity index (χ0) is 13.6. The number of benzene rings is 1. The van der Waals surface area contributed by atoms with Gasteiger partial charge in [-0.15, -0.1) is 0 Å². The van der Waals surface area contributed by atoms with Crippen LogP contribution in [0.1, 0.15) is 22.3 Å². The van der Waals surface area contributed by atoms with E-state index in [0.29, 0.717) is 11.4 Å². The number of anilines is 2. The Morgan fingerprint density at radius 1 is 1.00 bits per heavy atom. The topological polar surface area (TPSA) is 75.4 Å². The number of hydrogen-bond acceptors (Lipinski definition) is 3. The van der Waals surface area contributed by atoms with Crippen molar-refractivity contribution >= 4 is 23.3 Å². The third-order valence-corrected chi connectivity index (χ3v) is 3.76. The van der Waals surface area contributed by atoms with E-state index < -0.39 is 6.03 Å². The van der Waals surface area contributed by atoms with Crippen LogP contribution in [0.5, 0.6) is 0 Å². The molecule has 0 saturated carbocycles. The van der Waals surface area contributed by atoms with Crippen molar-refractivity contribution in [2.75, 3.05) is 17.2 Å². The Hall–Kier alpha value is -2.04. The SMILES string of the molecule is Cc1c(C)c(C)c(N2CC(=O)NC2=O)c(N)c1C. The predicted molar refractivity (Wildman–Crippen MR) is 70.7 cm³/mol. The van der Waals surface area contributed by atoms with E-state index in [0.717, 1.165) is 22.3 Å². The van der Waals surface area contributed by atoms with Gasteiger partial charge in [0.25, 0.3) is 0 Å². The molecule has 1 aromatic rings. The highest BCUT2D eigenvalue weighted by Crippen LogP contribution is 2.36. The number of rotatable bonds is 1. The number of nitrogens with two attached hydrogens (primary N) is 1. The van der Waals surface area contributed by atoms with E-state index in [1.165, 1.54) is 4.90 Å². The molecule has 1 fully saturated rings. The number of hydrogen-bond donors (Lipinski definition) is 2. The molecule has 1 aromatic carbocycles. The van der Waals surface area contributed by atoms with Crippen LogP contribution in [0.15, 0.2) is 0 Å². The average molecular weight is 247 g/mol. The molecular weight excluding hydrogens is 230 g/mol. The van der Waals surface area contributed by atoms with E-state index in [4.69, 9.17) is 5.73 Å². The van der Waals surface area contributed by atoms with Crippen LogP contribution in [0, 0.1) is 27.7 Å². The molecule has 0 atom stereocenters. The maximum Gasteiger partial charge on any atom is 0.329 e. The van der Waals surface area contributed by atoms with Gasteiger partial charge in [0, 0.05) is 0 Å². The quantitative estimate of drug-likeness (QED) is 0.584. The van der Waals surface area contributed by atoms with Crippen molar-refractivity contribution in [2.45, 2.75) is 27.7 Å². The fourth-order valence-electron chi connectivity index (χ4n) is 2.29. The Morgan fingerprint density at radius 3 is 2.06 bits per heavy atom. The number of nitrogen functional groups attached to an aromatic ring is 1. The van der Waals surface area contributed by atoms with E-state index in [2.05, 4.69) is 5.32 Å². The van der Waals surface area contributed by atoms with Crippen LogP contribution in [0.2, 0.25) is 0 Å². The lowest BCUT2D eigenvalue weighted by Crippen LogP contribution is -2.29. The molecular formula is C13H17N3O2. The minimum absolute atomic E-state index is 0.0335. The first kappa shape index (κ1) is 12.4. The van der Waals surface area contributed by atoms with Crippen molar-refractivity contribution < 1.29 is 9.59 Å². The number of imide groups is 1. The fourth-order valence-corrected chi connectivity index (χ4v) is 2.29. The Morgan fingerprint density at radius 2 is 1.56 bits per heavy atom. The smallest absolute Gasteiger partial charge is 0.329 e. The lowest BCUT2D eigenvalue weighted by molar-refractivity contribution is -0.117. The molecule has 1 aliphatic rings. The number of nitrogens with zero attached hydrogens (tertiary/aromatic N) is 1. The number of carbonyl (C=O) groups is 2. The zero-order valence-corrected chi connectivity index (χ0v) is 11.0. The van der Waals surface area contributed by atoms with Gasteiger partial charge in [-0.1, -0.05) is 0 Å². The van der Waals surface area contributed by atoms with Gasteiger partial charge in [-0.05, 0) is 49.9 Å². The molecule has 0 radical (unpaired) electrons. The van der Waals surface area contributed by atoms with Crippen molar-refractivity contribution in [3.63, 3.8) is 0 Å². The fraction of sp³-hybridized carbons (Fsp3) is 0.385. The molecule has 0 spiro atoms. The number of amides is 3. The largest absolute Gasteiger partial charge is 0.397 e. The van der Waals surface area contributed by atoms with Crippen molar-refractivity contribution in [1.29, 1.82) is 0 Å². The highest BCUT2D eigenvalue weighted by molar-refractivity contribution is 6.14. The minimum Gasteiger partial charge on any atom is -0.397 e. The summed E-state index contributed by atoms with van der Waals surface area (Å²) in [6, 6.07) is -0.405. The van der Waals surface area contributed by atoms with Crippen LogP contribution in [0.4, 0.5) is 16.2 Å². The van der Waals surface area contributed by atoms with Crippen LogP contribution in [0.25, 0.3) is 0 Å². The molecule has 5 nitrogen and oxygen atoms in total. The summed E-state index contributed by atoms with van der Waals surface area (Å²) in [6.07, 6.45) is 0. The summed E-state index contributed by atoms with van der Waals surface area (Å²) in [5.74, 6) is -0.297. The monoisotopic (exact) mass is 247 g/mol. The molecule has 0 bridgehead atoms. The average Bonchev–Trinajstić information content (AvgIpc) is 2.64. The van der Waals surface area contributed by atoms with Gasteiger partial charge in [-0.2, -0.15) is 0 Å².